The molecular weight excluding hydrogens is 582 g/mol. The second-order valence-corrected chi connectivity index (χ2v) is 10.6. The molecule has 0 spiro atoms. The van der Waals surface area contributed by atoms with Gasteiger partial charge in [0.15, 0.2) is 0 Å². The minimum atomic E-state index is -0.424. The largest absolute Gasteiger partial charge is 0.497 e. The van der Waals surface area contributed by atoms with Crippen LogP contribution in [0, 0.1) is 0 Å². The Hall–Kier alpha value is -4.69. The molecule has 2 heterocycles. The molecule has 0 fully saturated rings. The first-order valence-electron chi connectivity index (χ1n) is 13.1. The van der Waals surface area contributed by atoms with Crippen molar-refractivity contribution in [2.45, 2.75) is 12.5 Å². The van der Waals surface area contributed by atoms with Gasteiger partial charge in [-0.3, -0.25) is 9.59 Å². The summed E-state index contributed by atoms with van der Waals surface area (Å²) in [5.74, 6) is 1.09. The Labute approximate surface area is 245 Å². The second-order valence-electron chi connectivity index (χ2n) is 9.68. The number of pyridine rings is 1. The van der Waals surface area contributed by atoms with Gasteiger partial charge in [-0.1, -0.05) is 58.4 Å². The summed E-state index contributed by atoms with van der Waals surface area (Å²) in [6.45, 7) is 0. The maximum atomic E-state index is 13.9. The van der Waals surface area contributed by atoms with Crippen LogP contribution in [0.3, 0.4) is 0 Å². The van der Waals surface area contributed by atoms with Gasteiger partial charge in [-0.05, 0) is 65.7 Å². The van der Waals surface area contributed by atoms with E-state index in [-0.39, 0.29) is 11.5 Å². The number of fused-ring (bicyclic) bond motifs is 1. The Morgan fingerprint density at radius 3 is 2.20 bits per heavy atom. The molecule has 0 radical (unpaired) electrons. The summed E-state index contributed by atoms with van der Waals surface area (Å²) in [7, 11) is 3.19. The Morgan fingerprint density at radius 1 is 0.878 bits per heavy atom. The van der Waals surface area contributed by atoms with Crippen LogP contribution in [0.4, 0.5) is 0 Å². The molecule has 5 aromatic rings. The second kappa shape index (κ2) is 11.1. The van der Waals surface area contributed by atoms with E-state index in [9.17, 15) is 9.59 Å². The number of hydrogen-bond donors (Lipinski definition) is 1. The van der Waals surface area contributed by atoms with Crippen molar-refractivity contribution in [1.82, 2.24) is 9.99 Å². The lowest BCUT2D eigenvalue weighted by Gasteiger charge is -2.22. The van der Waals surface area contributed by atoms with Gasteiger partial charge >= 0.3 is 0 Å². The van der Waals surface area contributed by atoms with Gasteiger partial charge in [-0.15, -0.1) is 0 Å². The smallest absolute Gasteiger partial charge is 0.274 e. The Morgan fingerprint density at radius 2 is 1.54 bits per heavy atom. The minimum Gasteiger partial charge on any atom is -0.497 e. The van der Waals surface area contributed by atoms with E-state index >= 15 is 0 Å². The number of hydrazone groups is 1. The molecule has 8 heteroatoms. The third-order valence-electron chi connectivity index (χ3n) is 7.28. The molecule has 6 rings (SSSR count). The van der Waals surface area contributed by atoms with Crippen molar-refractivity contribution in [3.05, 3.63) is 129 Å². The van der Waals surface area contributed by atoms with E-state index in [2.05, 4.69) is 20.9 Å². The first-order valence-corrected chi connectivity index (χ1v) is 13.9. The first kappa shape index (κ1) is 26.5. The van der Waals surface area contributed by atoms with Gasteiger partial charge in [0.1, 0.15) is 11.5 Å². The number of carbonyl (C=O) groups is 1. The molecule has 1 amide bonds. The highest BCUT2D eigenvalue weighted by molar-refractivity contribution is 9.10. The van der Waals surface area contributed by atoms with Crippen LogP contribution in [0.25, 0.3) is 22.0 Å². The number of halogens is 1. The number of amides is 1. The molecular formula is C33H26BrN3O4. The van der Waals surface area contributed by atoms with Gasteiger partial charge in [-0.2, -0.15) is 5.10 Å². The van der Waals surface area contributed by atoms with Gasteiger partial charge in [0.2, 0.25) is 0 Å². The third kappa shape index (κ3) is 5.02. The number of rotatable bonds is 6. The average Bonchev–Trinajstić information content (AvgIpc) is 3.45. The molecule has 0 saturated heterocycles. The highest BCUT2D eigenvalue weighted by Crippen LogP contribution is 2.38. The number of H-pyrrole nitrogens is 1. The average molecular weight is 608 g/mol. The molecule has 1 aliphatic rings. The quantitative estimate of drug-likeness (QED) is 0.226. The van der Waals surface area contributed by atoms with Crippen molar-refractivity contribution < 1.29 is 14.3 Å². The van der Waals surface area contributed by atoms with Crippen molar-refractivity contribution in [2.24, 2.45) is 5.10 Å². The number of aromatic amines is 1. The van der Waals surface area contributed by atoms with Crippen molar-refractivity contribution in [2.75, 3.05) is 14.2 Å². The highest BCUT2D eigenvalue weighted by atomic mass is 79.9. The number of nitrogens with one attached hydrogen (secondary N) is 1. The van der Waals surface area contributed by atoms with Crippen molar-refractivity contribution in [1.29, 1.82) is 0 Å². The topological polar surface area (TPSA) is 84.0 Å². The lowest BCUT2D eigenvalue weighted by molar-refractivity contribution is 0.0711. The SMILES string of the molecule is COc1ccc(C(=O)N2N=C(c3c(-c4ccccc4)c4cc(Br)ccc4[nH]c3=O)CC2c2ccc(OC)cc2)cc1. The van der Waals surface area contributed by atoms with E-state index in [1.54, 1.807) is 38.5 Å². The fourth-order valence-corrected chi connectivity index (χ4v) is 5.61. The zero-order valence-electron chi connectivity index (χ0n) is 22.4. The number of methoxy groups -OCH3 is 2. The Kier molecular flexibility index (Phi) is 7.15. The molecule has 1 atom stereocenters. The fraction of sp³-hybridized carbons (Fsp3) is 0.121. The molecule has 0 aliphatic carbocycles. The Bertz CT molecular complexity index is 1830. The minimum absolute atomic E-state index is 0.260. The fourth-order valence-electron chi connectivity index (χ4n) is 5.25. The van der Waals surface area contributed by atoms with Crippen LogP contribution in [0.15, 0.2) is 111 Å². The third-order valence-corrected chi connectivity index (χ3v) is 7.78. The Balaban J connectivity index is 1.54. The lowest BCUT2D eigenvalue weighted by atomic mass is 9.91. The zero-order valence-corrected chi connectivity index (χ0v) is 24.0. The molecule has 1 aliphatic heterocycles. The number of ether oxygens (including phenoxy) is 2. The molecule has 0 bridgehead atoms. The summed E-state index contributed by atoms with van der Waals surface area (Å²) in [5.41, 5.74) is 4.46. The standard InChI is InChI=1S/C33H26BrN3O4/c1-40-24-13-8-20(9-14-24)29-19-28(36-37(29)33(39)22-10-15-25(41-2)16-11-22)31-30(21-6-4-3-5-7-21)26-18-23(34)12-17-27(26)35-32(31)38/h3-18,29H,19H2,1-2H3,(H,35,38). The summed E-state index contributed by atoms with van der Waals surface area (Å²) in [4.78, 5) is 30.7. The van der Waals surface area contributed by atoms with Crippen LogP contribution in [0.2, 0.25) is 0 Å². The summed E-state index contributed by atoms with van der Waals surface area (Å²) < 4.78 is 11.5. The number of benzene rings is 4. The highest BCUT2D eigenvalue weighted by Gasteiger charge is 2.36. The molecule has 7 nitrogen and oxygen atoms in total. The predicted molar refractivity (Wildman–Crippen MR) is 164 cm³/mol. The number of nitrogens with zero attached hydrogens (tertiary/aromatic N) is 2. The van der Waals surface area contributed by atoms with E-state index in [1.165, 1.54) is 5.01 Å². The normalized spacial score (nSPS) is 14.7. The molecule has 1 aromatic heterocycles. The van der Waals surface area contributed by atoms with Crippen LogP contribution in [0.5, 0.6) is 11.5 Å². The molecule has 1 N–H and O–H groups in total. The van der Waals surface area contributed by atoms with E-state index in [0.29, 0.717) is 34.8 Å². The maximum absolute atomic E-state index is 13.9. The van der Waals surface area contributed by atoms with Crippen molar-refractivity contribution in [3.63, 3.8) is 0 Å². The van der Waals surface area contributed by atoms with Crippen LogP contribution in [-0.4, -0.2) is 35.8 Å². The van der Waals surface area contributed by atoms with Crippen LogP contribution in [0.1, 0.15) is 33.9 Å². The van der Waals surface area contributed by atoms with Gasteiger partial charge in [0.05, 0.1) is 31.5 Å². The number of hydrogen-bond acceptors (Lipinski definition) is 5. The number of carbonyl (C=O) groups excluding carboxylic acids is 1. The van der Waals surface area contributed by atoms with Gasteiger partial charge in [0, 0.05) is 32.9 Å². The lowest BCUT2D eigenvalue weighted by Crippen LogP contribution is -2.27. The predicted octanol–water partition coefficient (Wildman–Crippen LogP) is 6.97. The molecule has 1 unspecified atom stereocenters. The van der Waals surface area contributed by atoms with Crippen molar-refractivity contribution in [3.8, 4) is 22.6 Å². The van der Waals surface area contributed by atoms with E-state index in [0.717, 1.165) is 32.1 Å². The van der Waals surface area contributed by atoms with Gasteiger partial charge in [0.25, 0.3) is 11.5 Å². The molecule has 41 heavy (non-hydrogen) atoms. The summed E-state index contributed by atoms with van der Waals surface area (Å²) >= 11 is 3.59. The first-order chi connectivity index (χ1) is 20.0. The monoisotopic (exact) mass is 607 g/mol. The van der Waals surface area contributed by atoms with Crippen LogP contribution >= 0.6 is 15.9 Å². The number of aromatic nitrogens is 1. The molecule has 4 aromatic carbocycles. The summed E-state index contributed by atoms with van der Waals surface area (Å²) in [6.07, 6.45) is 0.358. The zero-order chi connectivity index (χ0) is 28.5. The van der Waals surface area contributed by atoms with E-state index in [1.807, 2.05) is 72.8 Å². The van der Waals surface area contributed by atoms with Crippen LogP contribution in [-0.2, 0) is 0 Å². The van der Waals surface area contributed by atoms with E-state index < -0.39 is 6.04 Å². The van der Waals surface area contributed by atoms with Crippen molar-refractivity contribution >= 4 is 38.5 Å². The summed E-state index contributed by atoms with van der Waals surface area (Å²) in [6, 6.07) is 29.6. The van der Waals surface area contributed by atoms with Gasteiger partial charge in [-0.25, -0.2) is 5.01 Å². The van der Waals surface area contributed by atoms with E-state index in [4.69, 9.17) is 14.6 Å². The molecule has 204 valence electrons. The van der Waals surface area contributed by atoms with Crippen LogP contribution < -0.4 is 15.0 Å². The molecule has 0 saturated carbocycles. The maximum Gasteiger partial charge on any atom is 0.274 e. The summed E-state index contributed by atoms with van der Waals surface area (Å²) in [5, 5.41) is 7.22. The van der Waals surface area contributed by atoms with Gasteiger partial charge < -0.3 is 14.5 Å².